The summed E-state index contributed by atoms with van der Waals surface area (Å²) in [4.78, 5) is 16.8. The molecule has 9 heteroatoms. The van der Waals surface area contributed by atoms with Crippen LogP contribution in [0.25, 0.3) is 5.69 Å². The Bertz CT molecular complexity index is 1140. The molecule has 0 unspecified atom stereocenters. The molecule has 2 heterocycles. The normalized spacial score (nSPS) is 15.1. The number of morpholine rings is 1. The van der Waals surface area contributed by atoms with Crippen LogP contribution < -0.4 is 4.74 Å². The molecule has 0 atom stereocenters. The number of esters is 1. The quantitative estimate of drug-likeness (QED) is 0.459. The van der Waals surface area contributed by atoms with Gasteiger partial charge in [-0.05, 0) is 48.9 Å². The Balaban J connectivity index is 1.54. The number of imidazole rings is 1. The molecule has 0 saturated carbocycles. The highest BCUT2D eigenvalue weighted by Gasteiger charge is 2.27. The maximum absolute atomic E-state index is 12.9. The number of carbonyl (C=O) groups excluding carboxylic acids is 1. The largest absolute Gasteiger partial charge is 0.423 e. The minimum absolute atomic E-state index is 0.0670. The zero-order chi connectivity index (χ0) is 21.1. The van der Waals surface area contributed by atoms with Gasteiger partial charge in [0.05, 0.1) is 30.0 Å². The third-order valence-corrected chi connectivity index (χ3v) is 6.78. The van der Waals surface area contributed by atoms with Gasteiger partial charge in [-0.2, -0.15) is 4.31 Å². The zero-order valence-corrected chi connectivity index (χ0v) is 17.2. The number of ether oxygens (including phenoxy) is 2. The van der Waals surface area contributed by atoms with E-state index in [4.69, 9.17) is 9.47 Å². The highest BCUT2D eigenvalue weighted by molar-refractivity contribution is 7.89. The lowest BCUT2D eigenvalue weighted by Gasteiger charge is -2.26. The summed E-state index contributed by atoms with van der Waals surface area (Å²) in [6.07, 6.45) is 5.16. The van der Waals surface area contributed by atoms with Crippen molar-refractivity contribution in [2.45, 2.75) is 11.8 Å². The Morgan fingerprint density at radius 1 is 1.10 bits per heavy atom. The van der Waals surface area contributed by atoms with Crippen LogP contribution in [0.3, 0.4) is 0 Å². The van der Waals surface area contributed by atoms with Crippen LogP contribution >= 0.6 is 0 Å². The van der Waals surface area contributed by atoms with Crippen molar-refractivity contribution in [3.05, 3.63) is 72.3 Å². The van der Waals surface area contributed by atoms with Gasteiger partial charge in [-0.15, -0.1) is 0 Å². The number of sulfonamides is 1. The molecule has 1 fully saturated rings. The van der Waals surface area contributed by atoms with Gasteiger partial charge in [-0.1, -0.05) is 6.07 Å². The molecule has 0 amide bonds. The van der Waals surface area contributed by atoms with E-state index in [1.165, 1.54) is 16.4 Å². The topological polar surface area (TPSA) is 90.7 Å². The summed E-state index contributed by atoms with van der Waals surface area (Å²) in [5.74, 6) is -0.244. The maximum atomic E-state index is 12.9. The fourth-order valence-electron chi connectivity index (χ4n) is 3.18. The summed E-state index contributed by atoms with van der Waals surface area (Å²) in [6.45, 7) is 3.03. The first-order valence-electron chi connectivity index (χ1n) is 9.44. The molecule has 3 aromatic rings. The van der Waals surface area contributed by atoms with Gasteiger partial charge in [-0.25, -0.2) is 18.2 Å². The van der Waals surface area contributed by atoms with Gasteiger partial charge >= 0.3 is 5.97 Å². The summed E-state index contributed by atoms with van der Waals surface area (Å²) in [5, 5.41) is 0. The predicted octanol–water partition coefficient (Wildman–Crippen LogP) is 2.42. The van der Waals surface area contributed by atoms with Crippen LogP contribution in [0.5, 0.6) is 5.75 Å². The number of carbonyl (C=O) groups is 1. The first-order valence-corrected chi connectivity index (χ1v) is 10.9. The summed E-state index contributed by atoms with van der Waals surface area (Å²) >= 11 is 0. The number of hydrogen-bond donors (Lipinski definition) is 0. The van der Waals surface area contributed by atoms with E-state index in [1.54, 1.807) is 49.8 Å². The Kier molecular flexibility index (Phi) is 5.67. The number of nitrogens with zero attached hydrogens (tertiary/aromatic N) is 3. The molecular formula is C21H21N3O5S. The molecule has 156 valence electrons. The van der Waals surface area contributed by atoms with Crippen LogP contribution in [0.4, 0.5) is 0 Å². The van der Waals surface area contributed by atoms with Crippen molar-refractivity contribution in [1.29, 1.82) is 0 Å². The highest BCUT2D eigenvalue weighted by Crippen LogP contribution is 2.23. The van der Waals surface area contributed by atoms with Crippen LogP contribution in [0.2, 0.25) is 0 Å². The molecular weight excluding hydrogens is 406 g/mol. The number of aryl methyl sites for hydroxylation is 1. The molecule has 0 spiro atoms. The molecule has 30 heavy (non-hydrogen) atoms. The molecule has 0 aliphatic carbocycles. The molecule has 8 nitrogen and oxygen atoms in total. The van der Waals surface area contributed by atoms with Crippen molar-refractivity contribution in [2.24, 2.45) is 0 Å². The number of benzene rings is 2. The van der Waals surface area contributed by atoms with Gasteiger partial charge < -0.3 is 14.0 Å². The van der Waals surface area contributed by atoms with Gasteiger partial charge in [0.1, 0.15) is 5.75 Å². The van der Waals surface area contributed by atoms with Gasteiger partial charge in [0, 0.05) is 31.2 Å². The number of aromatic nitrogens is 2. The van der Waals surface area contributed by atoms with Gasteiger partial charge in [-0.3, -0.25) is 0 Å². The monoisotopic (exact) mass is 427 g/mol. The zero-order valence-electron chi connectivity index (χ0n) is 16.4. The van der Waals surface area contributed by atoms with Crippen LogP contribution in [0, 0.1) is 6.92 Å². The SMILES string of the molecule is Cc1ccc(S(=O)(=O)N2CCOCC2)cc1C(=O)Oc1ccc(-n2ccnc2)cc1. The lowest BCUT2D eigenvalue weighted by Crippen LogP contribution is -2.40. The molecule has 0 N–H and O–H groups in total. The van der Waals surface area contributed by atoms with E-state index in [0.717, 1.165) is 5.69 Å². The minimum atomic E-state index is -3.70. The minimum Gasteiger partial charge on any atom is -0.423 e. The smallest absolute Gasteiger partial charge is 0.343 e. The second-order valence-electron chi connectivity index (χ2n) is 6.85. The highest BCUT2D eigenvalue weighted by atomic mass is 32.2. The van der Waals surface area contributed by atoms with Gasteiger partial charge in [0.25, 0.3) is 0 Å². The average Bonchev–Trinajstić information content (AvgIpc) is 3.30. The predicted molar refractivity (Wildman–Crippen MR) is 109 cm³/mol. The van der Waals surface area contributed by atoms with Crippen LogP contribution in [-0.4, -0.2) is 54.5 Å². The van der Waals surface area contributed by atoms with Crippen molar-refractivity contribution < 1.29 is 22.7 Å². The van der Waals surface area contributed by atoms with E-state index in [9.17, 15) is 13.2 Å². The lowest BCUT2D eigenvalue weighted by molar-refractivity contribution is 0.0727. The number of rotatable bonds is 5. The fourth-order valence-corrected chi connectivity index (χ4v) is 4.61. The average molecular weight is 427 g/mol. The van der Waals surface area contributed by atoms with Gasteiger partial charge in [0.2, 0.25) is 10.0 Å². The Labute approximate surface area is 174 Å². The van der Waals surface area contributed by atoms with Crippen molar-refractivity contribution >= 4 is 16.0 Å². The van der Waals surface area contributed by atoms with Crippen molar-refractivity contribution in [3.8, 4) is 11.4 Å². The second-order valence-corrected chi connectivity index (χ2v) is 8.78. The molecule has 1 aliphatic heterocycles. The first kappa shape index (κ1) is 20.3. The summed E-state index contributed by atoms with van der Waals surface area (Å²) < 4.78 is 39.7. The van der Waals surface area contributed by atoms with E-state index in [0.29, 0.717) is 37.6 Å². The molecule has 1 aromatic heterocycles. The lowest BCUT2D eigenvalue weighted by atomic mass is 10.1. The van der Waals surface area contributed by atoms with E-state index >= 15 is 0 Å². The third kappa shape index (κ3) is 4.13. The standard InChI is InChI=1S/C21H21N3O5S/c1-16-2-7-19(30(26,27)24-10-12-28-13-11-24)14-20(16)21(25)29-18-5-3-17(4-6-18)23-9-8-22-15-23/h2-9,14-15H,10-13H2,1H3. The Morgan fingerprint density at radius 2 is 1.83 bits per heavy atom. The maximum Gasteiger partial charge on any atom is 0.343 e. The molecule has 1 saturated heterocycles. The second kappa shape index (κ2) is 8.39. The van der Waals surface area contributed by atoms with Crippen molar-refractivity contribution in [1.82, 2.24) is 13.9 Å². The van der Waals surface area contributed by atoms with E-state index < -0.39 is 16.0 Å². The van der Waals surface area contributed by atoms with Crippen LogP contribution in [-0.2, 0) is 14.8 Å². The van der Waals surface area contributed by atoms with Crippen molar-refractivity contribution in [2.75, 3.05) is 26.3 Å². The molecule has 0 bridgehead atoms. The number of hydrogen-bond acceptors (Lipinski definition) is 6. The fraction of sp³-hybridized carbons (Fsp3) is 0.238. The van der Waals surface area contributed by atoms with Crippen molar-refractivity contribution in [3.63, 3.8) is 0 Å². The molecule has 0 radical (unpaired) electrons. The van der Waals surface area contributed by atoms with Crippen LogP contribution in [0.15, 0.2) is 66.1 Å². The Hall–Kier alpha value is -3.01. The first-order chi connectivity index (χ1) is 14.4. The summed E-state index contributed by atoms with van der Waals surface area (Å²) in [7, 11) is -3.70. The van der Waals surface area contributed by atoms with E-state index in [1.807, 2.05) is 10.8 Å². The third-order valence-electron chi connectivity index (χ3n) is 4.89. The van der Waals surface area contributed by atoms with E-state index in [2.05, 4.69) is 4.98 Å². The molecule has 1 aliphatic rings. The van der Waals surface area contributed by atoms with E-state index in [-0.39, 0.29) is 10.5 Å². The molecule has 2 aromatic carbocycles. The summed E-state index contributed by atoms with van der Waals surface area (Å²) in [6, 6.07) is 11.5. The Morgan fingerprint density at radius 3 is 2.50 bits per heavy atom. The molecule has 4 rings (SSSR count). The summed E-state index contributed by atoms with van der Waals surface area (Å²) in [5.41, 5.74) is 1.72. The van der Waals surface area contributed by atoms with Gasteiger partial charge in [0.15, 0.2) is 0 Å². The van der Waals surface area contributed by atoms with Crippen LogP contribution in [0.1, 0.15) is 15.9 Å².